The fraction of sp³-hybridized carbons (Fsp3) is 0.500. The number of ether oxygens (including phenoxy) is 1. The van der Waals surface area contributed by atoms with E-state index < -0.39 is 54.0 Å². The number of carbonyl (C=O) groups is 2. The second-order valence-corrected chi connectivity index (χ2v) is 6.60. The second-order valence-electron chi connectivity index (χ2n) is 6.60. The SMILES string of the molecule is CC(C)(C)N(C(=O)O)[C@H]1CC(=O)C(F)O[C@@H]1c1cc(F)ccc1F. The summed E-state index contributed by atoms with van der Waals surface area (Å²) in [6.07, 6.45) is -5.62. The van der Waals surface area contributed by atoms with Gasteiger partial charge in [-0.05, 0) is 39.0 Å². The summed E-state index contributed by atoms with van der Waals surface area (Å²) in [7, 11) is 0. The molecule has 1 aliphatic rings. The highest BCUT2D eigenvalue weighted by Gasteiger charge is 2.46. The Bertz CT molecular complexity index is 659. The van der Waals surface area contributed by atoms with Crippen LogP contribution in [0.4, 0.5) is 18.0 Å². The zero-order chi connectivity index (χ0) is 18.2. The van der Waals surface area contributed by atoms with Gasteiger partial charge in [-0.1, -0.05) is 0 Å². The van der Waals surface area contributed by atoms with Gasteiger partial charge in [0.15, 0.2) is 5.78 Å². The van der Waals surface area contributed by atoms with Gasteiger partial charge in [0.25, 0.3) is 6.36 Å². The van der Waals surface area contributed by atoms with Crippen molar-refractivity contribution in [3.63, 3.8) is 0 Å². The van der Waals surface area contributed by atoms with Gasteiger partial charge in [0.1, 0.15) is 17.7 Å². The molecule has 0 bridgehead atoms. The Kier molecular flexibility index (Phi) is 4.89. The third-order valence-electron chi connectivity index (χ3n) is 3.80. The Hall–Kier alpha value is -2.09. The molecule has 0 saturated carbocycles. The van der Waals surface area contributed by atoms with Crippen LogP contribution in [0.25, 0.3) is 0 Å². The van der Waals surface area contributed by atoms with Crippen molar-refractivity contribution in [3.05, 3.63) is 35.4 Å². The van der Waals surface area contributed by atoms with Gasteiger partial charge in [-0.25, -0.2) is 18.0 Å². The number of Topliss-reactive ketones (excluding diaryl/α,β-unsaturated/α-hetero) is 1. The van der Waals surface area contributed by atoms with Crippen LogP contribution in [0.3, 0.4) is 0 Å². The molecule has 3 atom stereocenters. The van der Waals surface area contributed by atoms with Crippen LogP contribution in [0.5, 0.6) is 0 Å². The van der Waals surface area contributed by atoms with E-state index in [1.54, 1.807) is 20.8 Å². The van der Waals surface area contributed by atoms with Gasteiger partial charge in [0.05, 0.1) is 6.04 Å². The van der Waals surface area contributed by atoms with Crippen molar-refractivity contribution >= 4 is 11.9 Å². The molecule has 0 radical (unpaired) electrons. The van der Waals surface area contributed by atoms with E-state index in [-0.39, 0.29) is 5.56 Å². The first-order valence-corrected chi connectivity index (χ1v) is 7.32. The molecular formula is C16H18F3NO4. The predicted molar refractivity (Wildman–Crippen MR) is 78.1 cm³/mol. The first-order chi connectivity index (χ1) is 11.0. The third kappa shape index (κ3) is 3.53. The maximum atomic E-state index is 14.1. The van der Waals surface area contributed by atoms with Crippen molar-refractivity contribution in [2.75, 3.05) is 0 Å². The number of nitrogens with zero attached hydrogens (tertiary/aromatic N) is 1. The van der Waals surface area contributed by atoms with Crippen LogP contribution in [0.15, 0.2) is 18.2 Å². The highest BCUT2D eigenvalue weighted by molar-refractivity contribution is 5.84. The summed E-state index contributed by atoms with van der Waals surface area (Å²) >= 11 is 0. The molecule has 2 rings (SSSR count). The van der Waals surface area contributed by atoms with E-state index in [0.717, 1.165) is 23.1 Å². The average Bonchev–Trinajstić information content (AvgIpc) is 2.43. The second kappa shape index (κ2) is 6.43. The molecule has 0 aromatic heterocycles. The van der Waals surface area contributed by atoms with Crippen molar-refractivity contribution < 1.29 is 32.6 Å². The van der Waals surface area contributed by atoms with E-state index in [9.17, 15) is 27.9 Å². The van der Waals surface area contributed by atoms with E-state index in [1.807, 2.05) is 0 Å². The van der Waals surface area contributed by atoms with E-state index in [2.05, 4.69) is 0 Å². The van der Waals surface area contributed by atoms with Gasteiger partial charge < -0.3 is 9.84 Å². The Labute approximate surface area is 137 Å². The normalized spacial score (nSPS) is 24.8. The van der Waals surface area contributed by atoms with Gasteiger partial charge in [-0.3, -0.25) is 9.69 Å². The van der Waals surface area contributed by atoms with E-state index >= 15 is 0 Å². The first-order valence-electron chi connectivity index (χ1n) is 7.32. The summed E-state index contributed by atoms with van der Waals surface area (Å²) in [5.74, 6) is -2.59. The zero-order valence-electron chi connectivity index (χ0n) is 13.4. The highest BCUT2D eigenvalue weighted by atomic mass is 19.1. The molecule has 5 nitrogen and oxygen atoms in total. The van der Waals surface area contributed by atoms with Crippen LogP contribution >= 0.6 is 0 Å². The standard InChI is InChI=1S/C16H18F3NO4/c1-16(2,3)20(15(22)23)11-7-12(21)14(19)24-13(11)9-6-8(17)4-5-10(9)18/h4-6,11,13-14H,7H2,1-3H3,(H,22,23)/t11-,13+,14?/m0/s1. The van der Waals surface area contributed by atoms with Crippen LogP contribution in [-0.4, -0.2) is 39.8 Å². The van der Waals surface area contributed by atoms with Gasteiger partial charge >= 0.3 is 6.09 Å². The minimum absolute atomic E-state index is 0.328. The topological polar surface area (TPSA) is 66.8 Å². The largest absolute Gasteiger partial charge is 0.465 e. The lowest BCUT2D eigenvalue weighted by Gasteiger charge is -2.45. The van der Waals surface area contributed by atoms with Crippen molar-refractivity contribution in [2.45, 2.75) is 51.2 Å². The summed E-state index contributed by atoms with van der Waals surface area (Å²) in [6.45, 7) is 4.73. The number of hydrogen-bond donors (Lipinski definition) is 1. The molecule has 1 unspecified atom stereocenters. The van der Waals surface area contributed by atoms with Crippen LogP contribution in [0.1, 0.15) is 38.9 Å². The number of rotatable bonds is 2. The molecule has 1 aromatic rings. The minimum Gasteiger partial charge on any atom is -0.465 e. The zero-order valence-corrected chi connectivity index (χ0v) is 13.4. The molecule has 0 spiro atoms. The quantitative estimate of drug-likeness (QED) is 0.892. The maximum absolute atomic E-state index is 14.1. The molecule has 1 N–H and O–H groups in total. The van der Waals surface area contributed by atoms with Crippen LogP contribution in [-0.2, 0) is 9.53 Å². The smallest absolute Gasteiger partial charge is 0.408 e. The summed E-state index contributed by atoms with van der Waals surface area (Å²) in [6, 6.07) is 1.36. The number of halogens is 3. The molecule has 0 aliphatic carbocycles. The summed E-state index contributed by atoms with van der Waals surface area (Å²) in [5, 5.41) is 9.50. The van der Waals surface area contributed by atoms with Crippen molar-refractivity contribution in [2.24, 2.45) is 0 Å². The number of ketones is 1. The summed E-state index contributed by atoms with van der Waals surface area (Å²) < 4.78 is 46.2. The maximum Gasteiger partial charge on any atom is 0.408 e. The molecule has 1 fully saturated rings. The van der Waals surface area contributed by atoms with E-state index in [0.29, 0.717) is 0 Å². The fourth-order valence-electron chi connectivity index (χ4n) is 2.87. The van der Waals surface area contributed by atoms with Crippen LogP contribution in [0.2, 0.25) is 0 Å². The van der Waals surface area contributed by atoms with Gasteiger partial charge in [-0.2, -0.15) is 0 Å². The molecule has 8 heteroatoms. The Morgan fingerprint density at radius 2 is 1.96 bits per heavy atom. The summed E-state index contributed by atoms with van der Waals surface area (Å²) in [5.41, 5.74) is -1.30. The van der Waals surface area contributed by atoms with Gasteiger partial charge in [0.2, 0.25) is 0 Å². The average molecular weight is 345 g/mol. The van der Waals surface area contributed by atoms with Crippen molar-refractivity contribution in [3.8, 4) is 0 Å². The lowest BCUT2D eigenvalue weighted by molar-refractivity contribution is -0.176. The molecule has 132 valence electrons. The van der Waals surface area contributed by atoms with Gasteiger partial charge in [-0.15, -0.1) is 0 Å². The number of carboxylic acid groups (broad SMARTS) is 1. The van der Waals surface area contributed by atoms with Crippen molar-refractivity contribution in [1.82, 2.24) is 4.90 Å². The fourth-order valence-corrected chi connectivity index (χ4v) is 2.87. The Balaban J connectivity index is 2.54. The molecule has 24 heavy (non-hydrogen) atoms. The number of hydrogen-bond acceptors (Lipinski definition) is 3. The predicted octanol–water partition coefficient (Wildman–Crippen LogP) is 3.44. The lowest BCUT2D eigenvalue weighted by Crippen LogP contribution is -2.57. The molecule has 1 saturated heterocycles. The minimum atomic E-state index is -2.32. The molecular weight excluding hydrogens is 327 g/mol. The van der Waals surface area contributed by atoms with Crippen LogP contribution < -0.4 is 0 Å². The Morgan fingerprint density at radius 1 is 1.33 bits per heavy atom. The number of alkyl halides is 1. The molecule has 1 heterocycles. The van der Waals surface area contributed by atoms with Crippen molar-refractivity contribution in [1.29, 1.82) is 0 Å². The molecule has 1 aromatic carbocycles. The highest BCUT2D eigenvalue weighted by Crippen LogP contribution is 2.38. The lowest BCUT2D eigenvalue weighted by atomic mass is 9.90. The molecule has 1 amide bonds. The van der Waals surface area contributed by atoms with Gasteiger partial charge in [0, 0.05) is 17.5 Å². The van der Waals surface area contributed by atoms with E-state index in [1.165, 1.54) is 0 Å². The van der Waals surface area contributed by atoms with E-state index in [4.69, 9.17) is 4.74 Å². The Morgan fingerprint density at radius 3 is 2.50 bits per heavy atom. The third-order valence-corrected chi connectivity index (χ3v) is 3.80. The molecule has 1 aliphatic heterocycles. The first kappa shape index (κ1) is 18.3. The summed E-state index contributed by atoms with van der Waals surface area (Å²) in [4.78, 5) is 24.3. The van der Waals surface area contributed by atoms with Crippen LogP contribution in [0, 0.1) is 11.6 Å². The number of carbonyl (C=O) groups excluding carboxylic acids is 1. The number of benzene rings is 1. The monoisotopic (exact) mass is 345 g/mol. The number of amides is 1.